The molecule has 2 aliphatic heterocycles. The van der Waals surface area contributed by atoms with Crippen molar-refractivity contribution in [3.05, 3.63) is 70.0 Å². The van der Waals surface area contributed by atoms with E-state index in [4.69, 9.17) is 0 Å². The summed E-state index contributed by atoms with van der Waals surface area (Å²) in [5.74, 6) is -0.758. The molecular formula is C30H29F3N4O4S. The summed E-state index contributed by atoms with van der Waals surface area (Å²) in [5, 5.41) is 11.5. The minimum atomic E-state index is -4.42. The molecule has 2 saturated heterocycles. The van der Waals surface area contributed by atoms with E-state index in [1.165, 1.54) is 28.4 Å². The quantitative estimate of drug-likeness (QED) is 0.336. The summed E-state index contributed by atoms with van der Waals surface area (Å²) in [5.41, 5.74) is 0.876. The van der Waals surface area contributed by atoms with Crippen molar-refractivity contribution in [1.29, 1.82) is 0 Å². The lowest BCUT2D eigenvalue weighted by Crippen LogP contribution is -2.56. The number of carbonyl (C=O) groups is 3. The summed E-state index contributed by atoms with van der Waals surface area (Å²) in [4.78, 5) is 48.5. The van der Waals surface area contributed by atoms with Crippen LogP contribution in [0.4, 0.5) is 23.7 Å². The first-order valence-electron chi connectivity index (χ1n) is 13.8. The number of carboxylic acid groups (broad SMARTS) is 1. The molecular weight excluding hydrogens is 569 g/mol. The van der Waals surface area contributed by atoms with Gasteiger partial charge in [-0.05, 0) is 61.4 Å². The van der Waals surface area contributed by atoms with Crippen LogP contribution in [0.25, 0.3) is 11.3 Å². The Morgan fingerprint density at radius 3 is 2.43 bits per heavy atom. The lowest BCUT2D eigenvalue weighted by molar-refractivity contribution is -0.138. The second-order valence-electron chi connectivity index (χ2n) is 11.2. The summed E-state index contributed by atoms with van der Waals surface area (Å²) in [6.45, 7) is 1.56. The number of aromatic nitrogens is 1. The molecule has 0 radical (unpaired) electrons. The molecule has 12 heteroatoms. The number of carboxylic acids is 1. The molecule has 1 aliphatic carbocycles. The number of imide groups is 1. The van der Waals surface area contributed by atoms with Crippen LogP contribution in [0.2, 0.25) is 0 Å². The van der Waals surface area contributed by atoms with E-state index in [-0.39, 0.29) is 24.9 Å². The molecule has 8 nitrogen and oxygen atoms in total. The number of thiazole rings is 1. The molecule has 1 spiro atoms. The summed E-state index contributed by atoms with van der Waals surface area (Å²) in [7, 11) is 0. The van der Waals surface area contributed by atoms with Crippen molar-refractivity contribution < 1.29 is 32.7 Å². The van der Waals surface area contributed by atoms with Gasteiger partial charge in [0.25, 0.3) is 5.91 Å². The van der Waals surface area contributed by atoms with Crippen molar-refractivity contribution in [2.24, 2.45) is 5.92 Å². The van der Waals surface area contributed by atoms with Gasteiger partial charge < -0.3 is 14.9 Å². The maximum Gasteiger partial charge on any atom is 0.416 e. The van der Waals surface area contributed by atoms with E-state index in [9.17, 15) is 32.7 Å². The van der Waals surface area contributed by atoms with Crippen molar-refractivity contribution >= 4 is 34.9 Å². The zero-order chi connectivity index (χ0) is 29.6. The first-order valence-corrected chi connectivity index (χ1v) is 14.7. The van der Waals surface area contributed by atoms with Crippen LogP contribution in [-0.2, 0) is 28.7 Å². The monoisotopic (exact) mass is 598 g/mol. The van der Waals surface area contributed by atoms with Gasteiger partial charge in [-0.2, -0.15) is 13.2 Å². The Kier molecular flexibility index (Phi) is 7.20. The fourth-order valence-corrected chi connectivity index (χ4v) is 6.65. The SMILES string of the molecule is O=C(O)Cc1cccc(N2CCC3(CC2)C(=O)N(CC2CC2)C(=O)N3Cc2nc(-c3ccc(C(F)(F)F)cc3)cs2)c1. The third kappa shape index (κ3) is 5.47. The van der Waals surface area contributed by atoms with Crippen molar-refractivity contribution in [2.45, 2.75) is 50.4 Å². The number of benzene rings is 2. The van der Waals surface area contributed by atoms with Gasteiger partial charge in [-0.25, -0.2) is 9.78 Å². The molecule has 42 heavy (non-hydrogen) atoms. The highest BCUT2D eigenvalue weighted by atomic mass is 32.1. The standard InChI is InChI=1S/C30H29F3N4O4S/c31-30(32,33)22-8-6-21(7-9-22)24-18-42-25(34-24)17-37-28(41)36(16-19-4-5-19)27(40)29(37)10-12-35(13-11-29)23-3-1-2-20(14-23)15-26(38)39/h1-3,6-9,14,18-19H,4-5,10-13,15-17H2,(H,38,39). The van der Waals surface area contributed by atoms with Crippen molar-refractivity contribution in [2.75, 3.05) is 24.5 Å². The average Bonchev–Trinajstić information content (AvgIpc) is 3.63. The van der Waals surface area contributed by atoms with Crippen LogP contribution in [-0.4, -0.2) is 63.0 Å². The maximum atomic E-state index is 13.9. The lowest BCUT2D eigenvalue weighted by Gasteiger charge is -2.42. The van der Waals surface area contributed by atoms with Gasteiger partial charge in [0.1, 0.15) is 10.5 Å². The molecule has 1 saturated carbocycles. The molecule has 3 amide bonds. The third-order valence-corrected chi connectivity index (χ3v) is 9.17. The van der Waals surface area contributed by atoms with Gasteiger partial charge in [0, 0.05) is 36.3 Å². The minimum absolute atomic E-state index is 0.0786. The smallest absolute Gasteiger partial charge is 0.416 e. The fraction of sp³-hybridized carbons (Fsp3) is 0.400. The second-order valence-corrected chi connectivity index (χ2v) is 12.1. The van der Waals surface area contributed by atoms with Crippen LogP contribution in [0.15, 0.2) is 53.9 Å². The number of amides is 3. The Hall–Kier alpha value is -3.93. The Labute approximate surface area is 244 Å². The number of hydrogen-bond donors (Lipinski definition) is 1. The van der Waals surface area contributed by atoms with E-state index < -0.39 is 23.2 Å². The molecule has 3 heterocycles. The molecule has 0 unspecified atom stereocenters. The molecule has 6 rings (SSSR count). The number of carbonyl (C=O) groups excluding carboxylic acids is 2. The summed E-state index contributed by atoms with van der Waals surface area (Å²) >= 11 is 1.31. The first kappa shape index (κ1) is 28.2. The highest BCUT2D eigenvalue weighted by Gasteiger charge is 2.58. The Balaban J connectivity index is 1.22. The first-order chi connectivity index (χ1) is 20.0. The van der Waals surface area contributed by atoms with E-state index in [0.29, 0.717) is 60.2 Å². The number of rotatable bonds is 8. The van der Waals surface area contributed by atoms with Gasteiger partial charge in [0.2, 0.25) is 0 Å². The van der Waals surface area contributed by atoms with Crippen LogP contribution in [0.5, 0.6) is 0 Å². The highest BCUT2D eigenvalue weighted by molar-refractivity contribution is 7.09. The van der Waals surface area contributed by atoms with E-state index in [2.05, 4.69) is 9.88 Å². The molecule has 220 valence electrons. The van der Waals surface area contributed by atoms with Gasteiger partial charge >= 0.3 is 18.2 Å². The topological polar surface area (TPSA) is 94.0 Å². The van der Waals surface area contributed by atoms with Crippen LogP contribution < -0.4 is 4.90 Å². The fourth-order valence-electron chi connectivity index (χ4n) is 5.86. The van der Waals surface area contributed by atoms with Gasteiger partial charge in [-0.1, -0.05) is 24.3 Å². The number of hydrogen-bond acceptors (Lipinski definition) is 6. The molecule has 2 aromatic carbocycles. The third-order valence-electron chi connectivity index (χ3n) is 8.33. The van der Waals surface area contributed by atoms with E-state index in [0.717, 1.165) is 30.7 Å². The second kappa shape index (κ2) is 10.7. The molecule has 3 aromatic rings. The Morgan fingerprint density at radius 1 is 1.07 bits per heavy atom. The lowest BCUT2D eigenvalue weighted by atomic mass is 9.85. The largest absolute Gasteiger partial charge is 0.481 e. The zero-order valence-electron chi connectivity index (χ0n) is 22.6. The number of halogens is 3. The van der Waals surface area contributed by atoms with Crippen LogP contribution >= 0.6 is 11.3 Å². The summed E-state index contributed by atoms with van der Waals surface area (Å²) in [6, 6.07) is 11.8. The molecule has 0 bridgehead atoms. The Morgan fingerprint density at radius 2 is 1.79 bits per heavy atom. The number of urea groups is 1. The number of nitrogens with zero attached hydrogens (tertiary/aromatic N) is 4. The van der Waals surface area contributed by atoms with Crippen molar-refractivity contribution in [3.63, 3.8) is 0 Å². The number of piperidine rings is 1. The molecule has 1 N–H and O–H groups in total. The summed E-state index contributed by atoms with van der Waals surface area (Å²) < 4.78 is 39.0. The van der Waals surface area contributed by atoms with E-state index in [1.54, 1.807) is 16.3 Å². The highest BCUT2D eigenvalue weighted by Crippen LogP contribution is 2.42. The molecule has 0 atom stereocenters. The predicted octanol–water partition coefficient (Wildman–Crippen LogP) is 5.67. The number of alkyl halides is 3. The average molecular weight is 599 g/mol. The van der Waals surface area contributed by atoms with Gasteiger partial charge in [0.15, 0.2) is 0 Å². The molecule has 3 fully saturated rings. The number of aliphatic carboxylic acids is 1. The molecule has 1 aromatic heterocycles. The number of anilines is 1. The van der Waals surface area contributed by atoms with E-state index in [1.807, 2.05) is 18.2 Å². The van der Waals surface area contributed by atoms with Crippen molar-refractivity contribution in [3.8, 4) is 11.3 Å². The van der Waals surface area contributed by atoms with Gasteiger partial charge in [0.05, 0.1) is 24.2 Å². The van der Waals surface area contributed by atoms with Crippen LogP contribution in [0.3, 0.4) is 0 Å². The van der Waals surface area contributed by atoms with Crippen molar-refractivity contribution in [1.82, 2.24) is 14.8 Å². The predicted molar refractivity (Wildman–Crippen MR) is 150 cm³/mol. The van der Waals surface area contributed by atoms with Crippen LogP contribution in [0, 0.1) is 5.92 Å². The van der Waals surface area contributed by atoms with Crippen LogP contribution in [0.1, 0.15) is 41.8 Å². The van der Waals surface area contributed by atoms with Gasteiger partial charge in [-0.15, -0.1) is 11.3 Å². The maximum absolute atomic E-state index is 13.9. The Bertz CT molecular complexity index is 1510. The van der Waals surface area contributed by atoms with E-state index >= 15 is 0 Å². The van der Waals surface area contributed by atoms with Gasteiger partial charge in [-0.3, -0.25) is 14.5 Å². The zero-order valence-corrected chi connectivity index (χ0v) is 23.5. The minimum Gasteiger partial charge on any atom is -0.481 e. The summed E-state index contributed by atoms with van der Waals surface area (Å²) in [6.07, 6.45) is -1.68. The molecule has 3 aliphatic rings. The normalized spacial score (nSPS) is 18.8.